The highest BCUT2D eigenvalue weighted by molar-refractivity contribution is 7.89. The maximum atomic E-state index is 14.9. The van der Waals surface area contributed by atoms with Crippen LogP contribution in [0.2, 0.25) is 0 Å². The number of benzene rings is 1. The molecule has 1 saturated carbocycles. The number of fused-ring (bicyclic) bond motifs is 1. The van der Waals surface area contributed by atoms with Crippen LogP contribution in [0.1, 0.15) is 51.1 Å². The number of imidazole rings is 1. The molecule has 1 aromatic carbocycles. The van der Waals surface area contributed by atoms with E-state index in [0.29, 0.717) is 41.7 Å². The van der Waals surface area contributed by atoms with E-state index in [1.807, 2.05) is 31.4 Å². The van der Waals surface area contributed by atoms with Crippen LogP contribution in [-0.2, 0) is 14.8 Å². The molecule has 186 valence electrons. The van der Waals surface area contributed by atoms with Gasteiger partial charge in [0, 0.05) is 18.2 Å². The van der Waals surface area contributed by atoms with E-state index in [1.165, 1.54) is 6.07 Å². The molecule has 0 aliphatic heterocycles. The smallest absolute Gasteiger partial charge is 0.267 e. The molecule has 0 unspecified atom stereocenters. The minimum atomic E-state index is -3.55. The summed E-state index contributed by atoms with van der Waals surface area (Å²) in [6.45, 7) is 5.90. The molecule has 4 rings (SSSR count). The minimum absolute atomic E-state index is 0.124. The van der Waals surface area contributed by atoms with Gasteiger partial charge >= 0.3 is 0 Å². The molecule has 2 heterocycles. The van der Waals surface area contributed by atoms with Crippen molar-refractivity contribution in [3.63, 3.8) is 0 Å². The Labute approximate surface area is 203 Å². The number of nitrogens with one attached hydrogen (secondary N) is 1. The third-order valence-electron chi connectivity index (χ3n) is 6.23. The Balaban J connectivity index is 1.57. The summed E-state index contributed by atoms with van der Waals surface area (Å²) < 4.78 is 42.7. The average molecular weight is 501 g/mol. The molecule has 1 amide bonds. The van der Waals surface area contributed by atoms with Crippen LogP contribution in [0.15, 0.2) is 40.4 Å². The fourth-order valence-electron chi connectivity index (χ4n) is 4.45. The Morgan fingerprint density at radius 2 is 2.00 bits per heavy atom. The van der Waals surface area contributed by atoms with Gasteiger partial charge in [-0.2, -0.15) is 5.11 Å². The van der Waals surface area contributed by atoms with Gasteiger partial charge in [0.05, 0.1) is 24.1 Å². The van der Waals surface area contributed by atoms with E-state index < -0.39 is 15.8 Å². The van der Waals surface area contributed by atoms with Crippen molar-refractivity contribution in [2.45, 2.75) is 58.5 Å². The maximum Gasteiger partial charge on any atom is 0.267 e. The van der Waals surface area contributed by atoms with Gasteiger partial charge in [-0.3, -0.25) is 4.79 Å². The van der Waals surface area contributed by atoms with Gasteiger partial charge in [-0.25, -0.2) is 22.8 Å². The van der Waals surface area contributed by atoms with Crippen molar-refractivity contribution in [2.75, 3.05) is 11.6 Å². The summed E-state index contributed by atoms with van der Waals surface area (Å²) in [6.07, 6.45) is 6.82. The molecule has 1 fully saturated rings. The normalized spacial score (nSPS) is 19.0. The SMILES string of the molecule is Cc1cnc(NC(=O)[C@H]2CCC[C@@H](N=NS(C)(=O)=O)C2)cc1-c1cc(F)c2ncn(C(C)C)c2c1. The maximum absolute atomic E-state index is 14.9. The number of halogens is 1. The second-order valence-corrected chi connectivity index (χ2v) is 11.0. The molecule has 9 nitrogen and oxygen atoms in total. The van der Waals surface area contributed by atoms with Crippen LogP contribution < -0.4 is 5.32 Å². The van der Waals surface area contributed by atoms with Crippen LogP contribution in [0, 0.1) is 18.7 Å². The standard InChI is InChI=1S/C24H29FN6O3S/c1-14(2)31-13-27-23-20(25)9-17(10-21(23)31)19-11-22(26-12-15(19)3)28-24(32)16-6-5-7-18(8-16)29-30-35(4,33)34/h9-14,16,18H,5-8H2,1-4H3,(H,26,28,32)/t16-,18+/m0/s1. The van der Waals surface area contributed by atoms with E-state index >= 15 is 0 Å². The summed E-state index contributed by atoms with van der Waals surface area (Å²) in [5.74, 6) is -0.567. The van der Waals surface area contributed by atoms with Crippen molar-refractivity contribution in [1.29, 1.82) is 0 Å². The lowest BCUT2D eigenvalue weighted by Gasteiger charge is -2.25. The van der Waals surface area contributed by atoms with Gasteiger partial charge in [0.2, 0.25) is 5.91 Å². The topological polar surface area (TPSA) is 119 Å². The monoisotopic (exact) mass is 500 g/mol. The number of rotatable bonds is 6. The third-order valence-corrected chi connectivity index (χ3v) is 6.62. The summed E-state index contributed by atoms with van der Waals surface area (Å²) in [7, 11) is -3.55. The first-order valence-corrected chi connectivity index (χ1v) is 13.4. The van der Waals surface area contributed by atoms with Gasteiger partial charge in [0.1, 0.15) is 11.3 Å². The van der Waals surface area contributed by atoms with Gasteiger partial charge in [-0.05, 0) is 74.9 Å². The molecule has 35 heavy (non-hydrogen) atoms. The lowest BCUT2D eigenvalue weighted by Crippen LogP contribution is -2.29. The molecule has 11 heteroatoms. The molecule has 0 bridgehead atoms. The first-order chi connectivity index (χ1) is 16.5. The molecule has 3 aromatic rings. The fourth-order valence-corrected chi connectivity index (χ4v) is 4.75. The van der Waals surface area contributed by atoms with E-state index in [2.05, 4.69) is 24.9 Å². The highest BCUT2D eigenvalue weighted by Crippen LogP contribution is 2.32. The summed E-state index contributed by atoms with van der Waals surface area (Å²) in [4.78, 5) is 21.5. The first-order valence-electron chi connectivity index (χ1n) is 11.6. The highest BCUT2D eigenvalue weighted by Gasteiger charge is 2.28. The van der Waals surface area contributed by atoms with Crippen LogP contribution >= 0.6 is 0 Å². The highest BCUT2D eigenvalue weighted by atomic mass is 32.2. The van der Waals surface area contributed by atoms with Crippen LogP contribution in [-0.4, -0.2) is 41.2 Å². The molecule has 1 aliphatic carbocycles. The number of carbonyl (C=O) groups is 1. The second kappa shape index (κ2) is 9.80. The number of sulfonamides is 1. The summed E-state index contributed by atoms with van der Waals surface area (Å²) in [5, 5.41) is 6.77. The summed E-state index contributed by atoms with van der Waals surface area (Å²) >= 11 is 0. The zero-order valence-electron chi connectivity index (χ0n) is 20.2. The summed E-state index contributed by atoms with van der Waals surface area (Å²) in [5.41, 5.74) is 3.30. The van der Waals surface area contributed by atoms with E-state index in [9.17, 15) is 17.6 Å². The Kier molecular flexibility index (Phi) is 6.98. The van der Waals surface area contributed by atoms with Crippen molar-refractivity contribution in [3.8, 4) is 11.1 Å². The van der Waals surface area contributed by atoms with Gasteiger partial charge in [0.15, 0.2) is 5.82 Å². The number of hydrogen-bond donors (Lipinski definition) is 1. The molecule has 2 atom stereocenters. The molecular formula is C24H29FN6O3S. The van der Waals surface area contributed by atoms with E-state index in [4.69, 9.17) is 0 Å². The number of aromatic nitrogens is 3. The quantitative estimate of drug-likeness (QED) is 0.476. The van der Waals surface area contributed by atoms with Crippen molar-refractivity contribution < 1.29 is 17.6 Å². The fraction of sp³-hybridized carbons (Fsp3) is 0.458. The number of amides is 1. The van der Waals surface area contributed by atoms with Crippen LogP contribution in [0.25, 0.3) is 22.2 Å². The molecular weight excluding hydrogens is 471 g/mol. The molecule has 0 saturated heterocycles. The van der Waals surface area contributed by atoms with Crippen LogP contribution in [0.4, 0.5) is 10.2 Å². The minimum Gasteiger partial charge on any atom is -0.328 e. The molecule has 1 aliphatic rings. The average Bonchev–Trinajstić information content (AvgIpc) is 3.24. The Morgan fingerprint density at radius 3 is 2.71 bits per heavy atom. The predicted octanol–water partition coefficient (Wildman–Crippen LogP) is 5.04. The number of aryl methyl sites for hydroxylation is 1. The van der Waals surface area contributed by atoms with Gasteiger partial charge < -0.3 is 9.88 Å². The number of anilines is 1. The lowest BCUT2D eigenvalue weighted by atomic mass is 9.85. The Morgan fingerprint density at radius 1 is 1.23 bits per heavy atom. The van der Waals surface area contributed by atoms with Gasteiger partial charge in [0.25, 0.3) is 10.0 Å². The Hall–Kier alpha value is -3.21. The Bertz CT molecular complexity index is 1400. The van der Waals surface area contributed by atoms with E-state index in [0.717, 1.165) is 23.8 Å². The van der Waals surface area contributed by atoms with Gasteiger partial charge in [-0.1, -0.05) is 10.9 Å². The summed E-state index contributed by atoms with van der Waals surface area (Å²) in [6, 6.07) is 4.91. The van der Waals surface area contributed by atoms with Crippen LogP contribution in [0.5, 0.6) is 0 Å². The predicted molar refractivity (Wildman–Crippen MR) is 132 cm³/mol. The van der Waals surface area contributed by atoms with Crippen molar-refractivity contribution in [3.05, 3.63) is 42.1 Å². The number of carbonyl (C=O) groups excluding carboxylic acids is 1. The number of hydrogen-bond acceptors (Lipinski definition) is 6. The van der Waals surface area contributed by atoms with E-state index in [1.54, 1.807) is 18.6 Å². The zero-order valence-corrected chi connectivity index (χ0v) is 21.0. The number of nitrogens with zero attached hydrogens (tertiary/aromatic N) is 5. The number of pyridine rings is 1. The van der Waals surface area contributed by atoms with Crippen LogP contribution in [0.3, 0.4) is 0 Å². The largest absolute Gasteiger partial charge is 0.328 e. The first kappa shape index (κ1) is 24.9. The van der Waals surface area contributed by atoms with E-state index in [-0.39, 0.29) is 23.9 Å². The zero-order chi connectivity index (χ0) is 25.3. The van der Waals surface area contributed by atoms with Crippen molar-refractivity contribution in [1.82, 2.24) is 14.5 Å². The second-order valence-electron chi connectivity index (χ2n) is 9.39. The third kappa shape index (κ3) is 5.72. The lowest BCUT2D eigenvalue weighted by molar-refractivity contribution is -0.120. The van der Waals surface area contributed by atoms with Gasteiger partial charge in [-0.15, -0.1) is 0 Å². The molecule has 0 radical (unpaired) electrons. The molecule has 0 spiro atoms. The molecule has 2 aromatic heterocycles. The van der Waals surface area contributed by atoms with Crippen molar-refractivity contribution >= 4 is 32.8 Å². The van der Waals surface area contributed by atoms with Crippen molar-refractivity contribution in [2.24, 2.45) is 15.6 Å². The molecule has 1 N–H and O–H groups in total.